The Kier molecular flexibility index (Phi) is 3.83. The van der Waals surface area contributed by atoms with Crippen molar-refractivity contribution in [2.24, 2.45) is 5.92 Å². The van der Waals surface area contributed by atoms with Gasteiger partial charge in [-0.2, -0.15) is 0 Å². The molecular weight excluding hydrogens is 178 g/mol. The maximum absolute atomic E-state index is 8.80. The first kappa shape index (κ1) is 10.9. The smallest absolute Gasteiger partial charge is 0.146 e. The molecular formula is C10H17N3O. The zero-order chi connectivity index (χ0) is 10.6. The van der Waals surface area contributed by atoms with Crippen molar-refractivity contribution in [2.45, 2.75) is 20.5 Å². The molecule has 1 aromatic rings. The molecule has 0 spiro atoms. The second kappa shape index (κ2) is 4.91. The van der Waals surface area contributed by atoms with E-state index in [1.54, 1.807) is 12.4 Å². The summed E-state index contributed by atoms with van der Waals surface area (Å²) >= 11 is 0. The second-order valence-corrected chi connectivity index (χ2v) is 3.80. The van der Waals surface area contributed by atoms with Gasteiger partial charge in [0.25, 0.3) is 0 Å². The third-order valence-electron chi connectivity index (χ3n) is 1.88. The lowest BCUT2D eigenvalue weighted by atomic mass is 10.2. The topological polar surface area (TPSA) is 49.2 Å². The highest BCUT2D eigenvalue weighted by atomic mass is 16.3. The summed E-state index contributed by atoms with van der Waals surface area (Å²) in [5.41, 5.74) is 0.603. The molecule has 4 heteroatoms. The number of hydrogen-bond acceptors (Lipinski definition) is 4. The molecule has 1 rings (SSSR count). The van der Waals surface area contributed by atoms with Crippen LogP contribution in [0.4, 0.5) is 5.82 Å². The van der Waals surface area contributed by atoms with Crippen molar-refractivity contribution in [2.75, 3.05) is 18.5 Å². The molecule has 0 unspecified atom stereocenters. The molecule has 0 aliphatic rings. The summed E-state index contributed by atoms with van der Waals surface area (Å²) in [5.74, 6) is 1.44. The first-order valence-corrected chi connectivity index (χ1v) is 4.76. The Hall–Kier alpha value is -1.16. The molecule has 0 bridgehead atoms. The van der Waals surface area contributed by atoms with Crippen molar-refractivity contribution in [1.82, 2.24) is 9.97 Å². The predicted octanol–water partition coefficient (Wildman–Crippen LogP) is 1.06. The monoisotopic (exact) mass is 195 g/mol. The Morgan fingerprint density at radius 3 is 2.50 bits per heavy atom. The van der Waals surface area contributed by atoms with Gasteiger partial charge < -0.3 is 10.0 Å². The fourth-order valence-corrected chi connectivity index (χ4v) is 1.27. The van der Waals surface area contributed by atoms with Gasteiger partial charge in [0.2, 0.25) is 0 Å². The van der Waals surface area contributed by atoms with Gasteiger partial charge in [-0.1, -0.05) is 13.8 Å². The molecule has 1 aromatic heterocycles. The Morgan fingerprint density at radius 1 is 1.36 bits per heavy atom. The van der Waals surface area contributed by atoms with Crippen LogP contribution in [0.1, 0.15) is 19.5 Å². The first-order chi connectivity index (χ1) is 6.63. The highest BCUT2D eigenvalue weighted by Crippen LogP contribution is 2.08. The Bertz CT molecular complexity index is 271. The number of aliphatic hydroxyl groups is 1. The molecule has 0 fully saturated rings. The molecule has 0 aromatic carbocycles. The van der Waals surface area contributed by atoms with Crippen LogP contribution >= 0.6 is 0 Å². The SMILES string of the molecule is CC(C)CN(C)c1cnc(CO)cn1. The zero-order valence-electron chi connectivity index (χ0n) is 8.94. The number of anilines is 1. The summed E-state index contributed by atoms with van der Waals surface area (Å²) < 4.78 is 0. The first-order valence-electron chi connectivity index (χ1n) is 4.76. The summed E-state index contributed by atoms with van der Waals surface area (Å²) in [7, 11) is 1.99. The van der Waals surface area contributed by atoms with Gasteiger partial charge in [0, 0.05) is 13.6 Å². The van der Waals surface area contributed by atoms with Crippen LogP contribution in [-0.2, 0) is 6.61 Å². The van der Waals surface area contributed by atoms with Crippen molar-refractivity contribution in [3.63, 3.8) is 0 Å². The molecule has 14 heavy (non-hydrogen) atoms. The Morgan fingerprint density at radius 2 is 2.07 bits per heavy atom. The highest BCUT2D eigenvalue weighted by molar-refractivity contribution is 5.34. The zero-order valence-corrected chi connectivity index (χ0v) is 8.94. The molecule has 0 aliphatic heterocycles. The van der Waals surface area contributed by atoms with E-state index in [0.717, 1.165) is 12.4 Å². The summed E-state index contributed by atoms with van der Waals surface area (Å²) in [6.45, 7) is 5.21. The number of aromatic nitrogens is 2. The van der Waals surface area contributed by atoms with Gasteiger partial charge >= 0.3 is 0 Å². The van der Waals surface area contributed by atoms with Crippen LogP contribution in [-0.4, -0.2) is 28.7 Å². The fraction of sp³-hybridized carbons (Fsp3) is 0.600. The average molecular weight is 195 g/mol. The maximum Gasteiger partial charge on any atom is 0.146 e. The molecule has 4 nitrogen and oxygen atoms in total. The molecule has 1 N–H and O–H groups in total. The molecule has 1 heterocycles. The summed E-state index contributed by atoms with van der Waals surface area (Å²) in [4.78, 5) is 10.3. The van der Waals surface area contributed by atoms with Gasteiger partial charge in [-0.25, -0.2) is 4.98 Å². The van der Waals surface area contributed by atoms with E-state index in [1.165, 1.54) is 0 Å². The van der Waals surface area contributed by atoms with E-state index < -0.39 is 0 Å². The highest BCUT2D eigenvalue weighted by Gasteiger charge is 2.04. The molecule has 0 amide bonds. The average Bonchev–Trinajstić information content (AvgIpc) is 2.17. The fourth-order valence-electron chi connectivity index (χ4n) is 1.27. The van der Waals surface area contributed by atoms with Gasteiger partial charge in [0.15, 0.2) is 0 Å². The van der Waals surface area contributed by atoms with Crippen LogP contribution in [0.25, 0.3) is 0 Å². The van der Waals surface area contributed by atoms with Crippen LogP contribution in [0.5, 0.6) is 0 Å². The molecule has 0 saturated heterocycles. The minimum absolute atomic E-state index is 0.0544. The van der Waals surface area contributed by atoms with Crippen LogP contribution in [0, 0.1) is 5.92 Å². The van der Waals surface area contributed by atoms with Crippen molar-refractivity contribution >= 4 is 5.82 Å². The van der Waals surface area contributed by atoms with Crippen molar-refractivity contribution in [1.29, 1.82) is 0 Å². The van der Waals surface area contributed by atoms with Crippen LogP contribution in [0.2, 0.25) is 0 Å². The van der Waals surface area contributed by atoms with E-state index in [1.807, 2.05) is 7.05 Å². The van der Waals surface area contributed by atoms with Gasteiger partial charge in [-0.3, -0.25) is 4.98 Å². The lowest BCUT2D eigenvalue weighted by Gasteiger charge is -2.19. The summed E-state index contributed by atoms with van der Waals surface area (Å²) in [5, 5.41) is 8.80. The quantitative estimate of drug-likeness (QED) is 0.780. The van der Waals surface area contributed by atoms with Crippen LogP contribution in [0.15, 0.2) is 12.4 Å². The van der Waals surface area contributed by atoms with E-state index in [-0.39, 0.29) is 6.61 Å². The lowest BCUT2D eigenvalue weighted by Crippen LogP contribution is -2.23. The second-order valence-electron chi connectivity index (χ2n) is 3.80. The van der Waals surface area contributed by atoms with Crippen LogP contribution < -0.4 is 4.90 Å². The summed E-state index contributed by atoms with van der Waals surface area (Å²) in [6, 6.07) is 0. The van der Waals surface area contributed by atoms with Crippen molar-refractivity contribution in [3.8, 4) is 0 Å². The van der Waals surface area contributed by atoms with Gasteiger partial charge in [-0.05, 0) is 5.92 Å². The van der Waals surface area contributed by atoms with Crippen molar-refractivity contribution < 1.29 is 5.11 Å². The predicted molar refractivity (Wildman–Crippen MR) is 56.1 cm³/mol. The lowest BCUT2D eigenvalue weighted by molar-refractivity contribution is 0.276. The van der Waals surface area contributed by atoms with E-state index in [4.69, 9.17) is 5.11 Å². The minimum atomic E-state index is -0.0544. The third-order valence-corrected chi connectivity index (χ3v) is 1.88. The third kappa shape index (κ3) is 2.96. The number of hydrogen-bond donors (Lipinski definition) is 1. The van der Waals surface area contributed by atoms with E-state index in [2.05, 4.69) is 28.7 Å². The number of nitrogens with zero attached hydrogens (tertiary/aromatic N) is 3. The normalized spacial score (nSPS) is 10.6. The van der Waals surface area contributed by atoms with E-state index >= 15 is 0 Å². The van der Waals surface area contributed by atoms with Crippen LogP contribution in [0.3, 0.4) is 0 Å². The Balaban J connectivity index is 2.66. The summed E-state index contributed by atoms with van der Waals surface area (Å²) in [6.07, 6.45) is 3.29. The van der Waals surface area contributed by atoms with Gasteiger partial charge in [-0.15, -0.1) is 0 Å². The minimum Gasteiger partial charge on any atom is -0.390 e. The molecule has 0 atom stereocenters. The van der Waals surface area contributed by atoms with E-state index in [0.29, 0.717) is 11.6 Å². The number of aliphatic hydroxyl groups excluding tert-OH is 1. The van der Waals surface area contributed by atoms with Gasteiger partial charge in [0.1, 0.15) is 5.82 Å². The Labute approximate surface area is 84.6 Å². The molecule has 78 valence electrons. The standard InChI is InChI=1S/C10H17N3O/c1-8(2)6-13(3)10-5-11-9(7-14)4-12-10/h4-5,8,14H,6-7H2,1-3H3. The maximum atomic E-state index is 8.80. The largest absolute Gasteiger partial charge is 0.390 e. The molecule has 0 aliphatic carbocycles. The molecule has 0 radical (unpaired) electrons. The van der Waals surface area contributed by atoms with E-state index in [9.17, 15) is 0 Å². The molecule has 0 saturated carbocycles. The van der Waals surface area contributed by atoms with Gasteiger partial charge in [0.05, 0.1) is 24.7 Å². The number of rotatable bonds is 4. The van der Waals surface area contributed by atoms with Crippen molar-refractivity contribution in [3.05, 3.63) is 18.1 Å².